The van der Waals surface area contributed by atoms with Crippen LogP contribution in [0.15, 0.2) is 71.3 Å². The van der Waals surface area contributed by atoms with E-state index in [1.807, 2.05) is 24.3 Å². The number of methoxy groups -OCH3 is 2. The number of nitrogens with one attached hydrogen (secondary N) is 1. The van der Waals surface area contributed by atoms with E-state index in [1.165, 1.54) is 14.2 Å². The maximum absolute atomic E-state index is 12.8. The molecule has 8 heteroatoms. The summed E-state index contributed by atoms with van der Waals surface area (Å²) >= 11 is 6.23. The molecule has 0 aliphatic rings. The normalized spacial score (nSPS) is 10.5. The fraction of sp³-hybridized carbons (Fsp3) is 0.0870. The third-order valence-electron chi connectivity index (χ3n) is 4.59. The molecule has 1 amide bonds. The van der Waals surface area contributed by atoms with E-state index in [-0.39, 0.29) is 11.8 Å². The van der Waals surface area contributed by atoms with Gasteiger partial charge in [0.2, 0.25) is 5.82 Å². The molecule has 31 heavy (non-hydrogen) atoms. The van der Waals surface area contributed by atoms with E-state index in [0.717, 1.165) is 0 Å². The van der Waals surface area contributed by atoms with Gasteiger partial charge in [-0.15, -0.1) is 0 Å². The summed E-state index contributed by atoms with van der Waals surface area (Å²) in [6.45, 7) is 0. The van der Waals surface area contributed by atoms with Gasteiger partial charge < -0.3 is 19.3 Å². The van der Waals surface area contributed by atoms with E-state index in [1.54, 1.807) is 42.5 Å². The lowest BCUT2D eigenvalue weighted by Gasteiger charge is -2.11. The zero-order valence-electron chi connectivity index (χ0n) is 16.8. The topological polar surface area (TPSA) is 86.5 Å². The Hall–Kier alpha value is -3.84. The average molecular weight is 436 g/mol. The first kappa shape index (κ1) is 20.4. The van der Waals surface area contributed by atoms with Crippen LogP contribution in [0.1, 0.15) is 10.4 Å². The van der Waals surface area contributed by atoms with E-state index in [0.29, 0.717) is 44.7 Å². The highest BCUT2D eigenvalue weighted by Crippen LogP contribution is 2.32. The van der Waals surface area contributed by atoms with Gasteiger partial charge in [-0.25, -0.2) is 0 Å². The Balaban J connectivity index is 1.63. The Labute approximate surface area is 183 Å². The number of para-hydroxylation sites is 1. The molecule has 0 atom stereocenters. The molecule has 156 valence electrons. The molecule has 1 heterocycles. The van der Waals surface area contributed by atoms with Gasteiger partial charge in [0, 0.05) is 11.1 Å². The summed E-state index contributed by atoms with van der Waals surface area (Å²) in [5, 5.41) is 7.43. The number of rotatable bonds is 6. The maximum Gasteiger partial charge on any atom is 0.260 e. The molecule has 3 aromatic carbocycles. The van der Waals surface area contributed by atoms with Crippen LogP contribution in [0.5, 0.6) is 11.5 Å². The van der Waals surface area contributed by atoms with Crippen molar-refractivity contribution in [2.75, 3.05) is 19.5 Å². The number of ether oxygens (including phenoxy) is 2. The molecule has 0 spiro atoms. The smallest absolute Gasteiger partial charge is 0.260 e. The largest absolute Gasteiger partial charge is 0.493 e. The van der Waals surface area contributed by atoms with Gasteiger partial charge in [0.25, 0.3) is 11.8 Å². The first-order valence-electron chi connectivity index (χ1n) is 9.32. The summed E-state index contributed by atoms with van der Waals surface area (Å²) in [4.78, 5) is 17.3. The molecule has 1 aromatic heterocycles. The first-order chi connectivity index (χ1) is 15.1. The lowest BCUT2D eigenvalue weighted by atomic mass is 10.1. The number of nitrogens with zero attached hydrogens (tertiary/aromatic N) is 2. The van der Waals surface area contributed by atoms with Gasteiger partial charge >= 0.3 is 0 Å². The average Bonchev–Trinajstić information content (AvgIpc) is 3.29. The number of carbonyl (C=O) groups excluding carboxylic acids is 1. The predicted molar refractivity (Wildman–Crippen MR) is 118 cm³/mol. The van der Waals surface area contributed by atoms with Crippen molar-refractivity contribution < 1.29 is 18.8 Å². The van der Waals surface area contributed by atoms with Gasteiger partial charge in [-0.2, -0.15) is 4.98 Å². The standard InChI is InChI=1S/C23H18ClN3O4/c1-29-19-12-11-14(13-20(19)30-2)22(28)25-18-10-6-4-8-16(18)23-26-21(27-31-23)15-7-3-5-9-17(15)24/h3-13H,1-2H3,(H,25,28). The third-order valence-corrected chi connectivity index (χ3v) is 4.92. The van der Waals surface area contributed by atoms with Crippen molar-refractivity contribution in [1.29, 1.82) is 0 Å². The van der Waals surface area contributed by atoms with Crippen molar-refractivity contribution in [3.05, 3.63) is 77.3 Å². The van der Waals surface area contributed by atoms with Gasteiger partial charge in [-0.3, -0.25) is 4.79 Å². The molecule has 0 aliphatic heterocycles. The number of hydrogen-bond acceptors (Lipinski definition) is 6. The summed E-state index contributed by atoms with van der Waals surface area (Å²) in [6, 6.07) is 19.3. The highest BCUT2D eigenvalue weighted by molar-refractivity contribution is 6.33. The summed E-state index contributed by atoms with van der Waals surface area (Å²) in [5.74, 6) is 1.31. The van der Waals surface area contributed by atoms with Crippen LogP contribution in [0, 0.1) is 0 Å². The second-order valence-corrected chi connectivity index (χ2v) is 6.88. The van der Waals surface area contributed by atoms with Crippen molar-refractivity contribution in [3.63, 3.8) is 0 Å². The number of benzene rings is 3. The van der Waals surface area contributed by atoms with Gasteiger partial charge in [0.05, 0.1) is 30.5 Å². The molecule has 7 nitrogen and oxygen atoms in total. The Bertz CT molecular complexity index is 1240. The second-order valence-electron chi connectivity index (χ2n) is 6.47. The lowest BCUT2D eigenvalue weighted by molar-refractivity contribution is 0.102. The van der Waals surface area contributed by atoms with Crippen LogP contribution in [0.25, 0.3) is 22.8 Å². The lowest BCUT2D eigenvalue weighted by Crippen LogP contribution is -2.13. The molecule has 0 aliphatic carbocycles. The molecule has 0 bridgehead atoms. The van der Waals surface area contributed by atoms with E-state index in [9.17, 15) is 4.79 Å². The SMILES string of the molecule is COc1ccc(C(=O)Nc2ccccc2-c2nc(-c3ccccc3Cl)no2)cc1OC. The van der Waals surface area contributed by atoms with Gasteiger partial charge in [-0.1, -0.05) is 41.0 Å². The maximum atomic E-state index is 12.8. The molecule has 0 saturated carbocycles. The van der Waals surface area contributed by atoms with Crippen molar-refractivity contribution in [2.24, 2.45) is 0 Å². The number of hydrogen-bond donors (Lipinski definition) is 1. The highest BCUT2D eigenvalue weighted by Gasteiger charge is 2.18. The van der Waals surface area contributed by atoms with Crippen LogP contribution in [-0.4, -0.2) is 30.3 Å². The van der Waals surface area contributed by atoms with Crippen LogP contribution in [0.4, 0.5) is 5.69 Å². The highest BCUT2D eigenvalue weighted by atomic mass is 35.5. The zero-order valence-corrected chi connectivity index (χ0v) is 17.5. The van der Waals surface area contributed by atoms with Crippen molar-refractivity contribution >= 4 is 23.2 Å². The molecule has 4 rings (SSSR count). The minimum Gasteiger partial charge on any atom is -0.493 e. The second kappa shape index (κ2) is 8.89. The minimum atomic E-state index is -0.320. The Kier molecular flexibility index (Phi) is 5.86. The van der Waals surface area contributed by atoms with Crippen molar-refractivity contribution in [2.45, 2.75) is 0 Å². The quantitative estimate of drug-likeness (QED) is 0.440. The molecular formula is C23H18ClN3O4. The van der Waals surface area contributed by atoms with Crippen LogP contribution in [-0.2, 0) is 0 Å². The van der Waals surface area contributed by atoms with Crippen LogP contribution < -0.4 is 14.8 Å². The molecule has 0 saturated heterocycles. The fourth-order valence-electron chi connectivity index (χ4n) is 3.04. The summed E-state index contributed by atoms with van der Waals surface area (Å²) in [5.41, 5.74) is 2.18. The van der Waals surface area contributed by atoms with Crippen LogP contribution >= 0.6 is 11.6 Å². The number of amides is 1. The summed E-state index contributed by atoms with van der Waals surface area (Å²) in [7, 11) is 3.05. The Morgan fingerprint density at radius 3 is 2.39 bits per heavy atom. The Morgan fingerprint density at radius 2 is 1.65 bits per heavy atom. The number of aromatic nitrogens is 2. The number of halogens is 1. The minimum absolute atomic E-state index is 0.262. The fourth-order valence-corrected chi connectivity index (χ4v) is 3.26. The van der Waals surface area contributed by atoms with E-state index < -0.39 is 0 Å². The summed E-state index contributed by atoms with van der Waals surface area (Å²) in [6.07, 6.45) is 0. The van der Waals surface area contributed by atoms with Crippen molar-refractivity contribution in [1.82, 2.24) is 10.1 Å². The molecule has 0 unspecified atom stereocenters. The van der Waals surface area contributed by atoms with Crippen LogP contribution in [0.2, 0.25) is 5.02 Å². The van der Waals surface area contributed by atoms with Gasteiger partial charge in [-0.05, 0) is 42.5 Å². The number of carbonyl (C=O) groups is 1. The molecule has 4 aromatic rings. The molecule has 0 radical (unpaired) electrons. The van der Waals surface area contributed by atoms with E-state index >= 15 is 0 Å². The molecular weight excluding hydrogens is 418 g/mol. The van der Waals surface area contributed by atoms with E-state index in [2.05, 4.69) is 15.5 Å². The molecule has 1 N–H and O–H groups in total. The molecule has 0 fully saturated rings. The summed E-state index contributed by atoms with van der Waals surface area (Å²) < 4.78 is 15.9. The van der Waals surface area contributed by atoms with Crippen molar-refractivity contribution in [3.8, 4) is 34.3 Å². The zero-order chi connectivity index (χ0) is 21.8. The predicted octanol–water partition coefficient (Wildman–Crippen LogP) is 5.33. The number of anilines is 1. The first-order valence-corrected chi connectivity index (χ1v) is 9.70. The van der Waals surface area contributed by atoms with Crippen LogP contribution in [0.3, 0.4) is 0 Å². The third kappa shape index (κ3) is 4.22. The Morgan fingerprint density at radius 1 is 0.935 bits per heavy atom. The monoisotopic (exact) mass is 435 g/mol. The van der Waals surface area contributed by atoms with Gasteiger partial charge in [0.1, 0.15) is 0 Å². The van der Waals surface area contributed by atoms with Gasteiger partial charge in [0.15, 0.2) is 11.5 Å². The van der Waals surface area contributed by atoms with E-state index in [4.69, 9.17) is 25.6 Å².